The summed E-state index contributed by atoms with van der Waals surface area (Å²) in [5.74, 6) is -0.576. The van der Waals surface area contributed by atoms with E-state index in [2.05, 4.69) is 15.3 Å². The SMILES string of the molecule is Cc1cnn(Cc2ccc(-c3nnc(C(F)F)o3)cc2)c1. The normalized spacial score (nSPS) is 11.2. The summed E-state index contributed by atoms with van der Waals surface area (Å²) >= 11 is 0. The predicted molar refractivity (Wildman–Crippen MR) is 70.8 cm³/mol. The summed E-state index contributed by atoms with van der Waals surface area (Å²) in [6.07, 6.45) is 0.980. The van der Waals surface area contributed by atoms with E-state index in [4.69, 9.17) is 4.42 Å². The van der Waals surface area contributed by atoms with E-state index >= 15 is 0 Å². The summed E-state index contributed by atoms with van der Waals surface area (Å²) in [7, 11) is 0. The fraction of sp³-hybridized carbons (Fsp3) is 0.214. The van der Waals surface area contributed by atoms with Gasteiger partial charge in [-0.1, -0.05) is 12.1 Å². The molecule has 0 fully saturated rings. The topological polar surface area (TPSA) is 56.7 Å². The largest absolute Gasteiger partial charge is 0.415 e. The first-order valence-corrected chi connectivity index (χ1v) is 6.32. The van der Waals surface area contributed by atoms with Crippen LogP contribution in [0.2, 0.25) is 0 Å². The summed E-state index contributed by atoms with van der Waals surface area (Å²) in [6, 6.07) is 7.26. The Morgan fingerprint density at radius 2 is 1.95 bits per heavy atom. The molecule has 0 amide bonds. The van der Waals surface area contributed by atoms with Gasteiger partial charge >= 0.3 is 6.43 Å². The second kappa shape index (κ2) is 5.43. The van der Waals surface area contributed by atoms with Crippen molar-refractivity contribution >= 4 is 0 Å². The number of halogens is 2. The van der Waals surface area contributed by atoms with Crippen molar-refractivity contribution in [3.05, 3.63) is 53.7 Å². The molecule has 1 aromatic carbocycles. The molecule has 0 bridgehead atoms. The lowest BCUT2D eigenvalue weighted by atomic mass is 10.1. The van der Waals surface area contributed by atoms with Gasteiger partial charge in [0.2, 0.25) is 5.89 Å². The lowest BCUT2D eigenvalue weighted by Crippen LogP contribution is -1.99. The van der Waals surface area contributed by atoms with Crippen LogP contribution in [0.1, 0.15) is 23.4 Å². The molecular weight excluding hydrogens is 278 g/mol. The third kappa shape index (κ3) is 2.96. The maximum atomic E-state index is 12.4. The zero-order valence-electron chi connectivity index (χ0n) is 11.2. The molecule has 0 unspecified atom stereocenters. The molecule has 2 heterocycles. The molecule has 0 atom stereocenters. The summed E-state index contributed by atoms with van der Waals surface area (Å²) in [4.78, 5) is 0. The van der Waals surface area contributed by atoms with Gasteiger partial charge < -0.3 is 4.42 Å². The van der Waals surface area contributed by atoms with Crippen molar-refractivity contribution in [2.75, 3.05) is 0 Å². The van der Waals surface area contributed by atoms with Crippen LogP contribution < -0.4 is 0 Å². The first-order chi connectivity index (χ1) is 10.1. The van der Waals surface area contributed by atoms with E-state index in [1.165, 1.54) is 0 Å². The summed E-state index contributed by atoms with van der Waals surface area (Å²) in [5, 5.41) is 11.1. The van der Waals surface area contributed by atoms with Gasteiger partial charge in [-0.15, -0.1) is 10.2 Å². The van der Waals surface area contributed by atoms with Gasteiger partial charge in [-0.25, -0.2) is 0 Å². The summed E-state index contributed by atoms with van der Waals surface area (Å²) in [5.41, 5.74) is 2.74. The second-order valence-electron chi connectivity index (χ2n) is 4.66. The van der Waals surface area contributed by atoms with E-state index < -0.39 is 12.3 Å². The Bertz CT molecular complexity index is 734. The van der Waals surface area contributed by atoms with Gasteiger partial charge in [0, 0.05) is 11.8 Å². The smallest absolute Gasteiger partial charge is 0.314 e. The lowest BCUT2D eigenvalue weighted by molar-refractivity contribution is 0.116. The molecule has 0 saturated carbocycles. The van der Waals surface area contributed by atoms with Gasteiger partial charge in [0.25, 0.3) is 5.89 Å². The van der Waals surface area contributed by atoms with Crippen LogP contribution in [0.25, 0.3) is 11.5 Å². The molecule has 2 aromatic heterocycles. The van der Waals surface area contributed by atoms with Crippen LogP contribution >= 0.6 is 0 Å². The van der Waals surface area contributed by atoms with Gasteiger partial charge in [0.05, 0.1) is 12.7 Å². The Morgan fingerprint density at radius 1 is 1.19 bits per heavy atom. The molecule has 3 aromatic rings. The second-order valence-corrected chi connectivity index (χ2v) is 4.66. The Morgan fingerprint density at radius 3 is 2.52 bits per heavy atom. The van der Waals surface area contributed by atoms with Gasteiger partial charge in [0.15, 0.2) is 0 Å². The van der Waals surface area contributed by atoms with Gasteiger partial charge in [0.1, 0.15) is 0 Å². The standard InChI is InChI=1S/C14H12F2N4O/c1-9-6-17-20(7-9)8-10-2-4-11(5-3-10)13-18-19-14(21-13)12(15)16/h2-7,12H,8H2,1H3. The van der Waals surface area contributed by atoms with E-state index in [1.54, 1.807) is 18.3 Å². The highest BCUT2D eigenvalue weighted by atomic mass is 19.3. The van der Waals surface area contributed by atoms with E-state index in [1.807, 2.05) is 29.9 Å². The zero-order chi connectivity index (χ0) is 14.8. The average Bonchev–Trinajstić information content (AvgIpc) is 3.09. The third-order valence-corrected chi connectivity index (χ3v) is 2.94. The number of aryl methyl sites for hydroxylation is 1. The summed E-state index contributed by atoms with van der Waals surface area (Å²) < 4.78 is 31.5. The van der Waals surface area contributed by atoms with E-state index in [0.29, 0.717) is 12.1 Å². The minimum Gasteiger partial charge on any atom is -0.415 e. The van der Waals surface area contributed by atoms with Gasteiger partial charge in [-0.05, 0) is 30.2 Å². The predicted octanol–water partition coefficient (Wildman–Crippen LogP) is 3.23. The van der Waals surface area contributed by atoms with Crippen LogP contribution in [0.3, 0.4) is 0 Å². The van der Waals surface area contributed by atoms with E-state index in [9.17, 15) is 8.78 Å². The molecular formula is C14H12F2N4O. The fourth-order valence-electron chi connectivity index (χ4n) is 1.93. The number of nitrogens with zero attached hydrogens (tertiary/aromatic N) is 4. The fourth-order valence-corrected chi connectivity index (χ4v) is 1.93. The highest BCUT2D eigenvalue weighted by Gasteiger charge is 2.16. The highest BCUT2D eigenvalue weighted by Crippen LogP contribution is 2.23. The van der Waals surface area contributed by atoms with Crippen molar-refractivity contribution in [2.45, 2.75) is 19.9 Å². The molecule has 0 aliphatic heterocycles. The van der Waals surface area contributed by atoms with Crippen molar-refractivity contribution in [1.29, 1.82) is 0 Å². The van der Waals surface area contributed by atoms with Crippen molar-refractivity contribution < 1.29 is 13.2 Å². The minimum absolute atomic E-state index is 0.0896. The molecule has 7 heteroatoms. The lowest BCUT2D eigenvalue weighted by Gasteiger charge is -2.02. The van der Waals surface area contributed by atoms with Crippen LogP contribution in [0.5, 0.6) is 0 Å². The van der Waals surface area contributed by atoms with Crippen molar-refractivity contribution in [3.63, 3.8) is 0 Å². The average molecular weight is 290 g/mol. The molecule has 0 aliphatic carbocycles. The number of aromatic nitrogens is 4. The maximum absolute atomic E-state index is 12.4. The highest BCUT2D eigenvalue weighted by molar-refractivity contribution is 5.53. The van der Waals surface area contributed by atoms with Crippen LogP contribution in [-0.2, 0) is 6.54 Å². The van der Waals surface area contributed by atoms with Crippen LogP contribution in [-0.4, -0.2) is 20.0 Å². The Labute approximate surface area is 119 Å². The van der Waals surface area contributed by atoms with Crippen LogP contribution in [0.15, 0.2) is 41.1 Å². The minimum atomic E-state index is -2.76. The first kappa shape index (κ1) is 13.4. The van der Waals surface area contributed by atoms with Crippen LogP contribution in [0.4, 0.5) is 8.78 Å². The van der Waals surface area contributed by atoms with Crippen molar-refractivity contribution in [3.8, 4) is 11.5 Å². The van der Waals surface area contributed by atoms with Crippen molar-refractivity contribution in [1.82, 2.24) is 20.0 Å². The Kier molecular flexibility index (Phi) is 3.47. The molecule has 0 radical (unpaired) electrons. The third-order valence-electron chi connectivity index (χ3n) is 2.94. The number of hydrogen-bond acceptors (Lipinski definition) is 4. The number of rotatable bonds is 4. The first-order valence-electron chi connectivity index (χ1n) is 6.32. The monoisotopic (exact) mass is 290 g/mol. The zero-order valence-corrected chi connectivity index (χ0v) is 11.2. The Hall–Kier alpha value is -2.57. The van der Waals surface area contributed by atoms with E-state index in [-0.39, 0.29) is 5.89 Å². The molecule has 108 valence electrons. The summed E-state index contributed by atoms with van der Waals surface area (Å²) in [6.45, 7) is 2.61. The molecule has 0 N–H and O–H groups in total. The van der Waals surface area contributed by atoms with Crippen LogP contribution in [0, 0.1) is 6.92 Å². The Balaban J connectivity index is 1.76. The van der Waals surface area contributed by atoms with E-state index in [0.717, 1.165) is 11.1 Å². The maximum Gasteiger partial charge on any atom is 0.314 e. The number of benzene rings is 1. The quantitative estimate of drug-likeness (QED) is 0.740. The molecule has 21 heavy (non-hydrogen) atoms. The molecule has 0 saturated heterocycles. The molecule has 3 rings (SSSR count). The molecule has 5 nitrogen and oxygen atoms in total. The molecule has 0 spiro atoms. The number of hydrogen-bond donors (Lipinski definition) is 0. The van der Waals surface area contributed by atoms with Crippen molar-refractivity contribution in [2.24, 2.45) is 0 Å². The van der Waals surface area contributed by atoms with Gasteiger partial charge in [-0.3, -0.25) is 4.68 Å². The number of alkyl halides is 2. The van der Waals surface area contributed by atoms with Gasteiger partial charge in [-0.2, -0.15) is 13.9 Å². The molecule has 0 aliphatic rings.